The van der Waals surface area contributed by atoms with Gasteiger partial charge in [0.1, 0.15) is 0 Å². The third-order valence-electron chi connectivity index (χ3n) is 3.25. The molecule has 0 aromatic heterocycles. The minimum Gasteiger partial charge on any atom is -0.357 e. The molecule has 1 unspecified atom stereocenters. The summed E-state index contributed by atoms with van der Waals surface area (Å²) in [6, 6.07) is 10.3. The lowest BCUT2D eigenvalue weighted by atomic mass is 10.0. The van der Waals surface area contributed by atoms with Gasteiger partial charge in [-0.05, 0) is 18.9 Å². The monoisotopic (exact) mass is 468 g/mol. The van der Waals surface area contributed by atoms with Gasteiger partial charge in [0.05, 0.1) is 6.26 Å². The van der Waals surface area contributed by atoms with E-state index in [1.54, 1.807) is 0 Å². The van der Waals surface area contributed by atoms with Gasteiger partial charge >= 0.3 is 0 Å². The van der Waals surface area contributed by atoms with Crippen molar-refractivity contribution in [1.29, 1.82) is 0 Å². The summed E-state index contributed by atoms with van der Waals surface area (Å²) in [5, 5.41) is 6.41. The number of sulfonamides is 1. The fraction of sp³-hybridized carbons (Fsp3) is 0.562. The number of nitrogens with zero attached hydrogens (tertiary/aromatic N) is 1. The number of halogens is 1. The zero-order valence-corrected chi connectivity index (χ0v) is 17.7. The van der Waals surface area contributed by atoms with Gasteiger partial charge in [-0.2, -0.15) is 0 Å². The molecular formula is C16H29IN4O2S. The Morgan fingerprint density at radius 2 is 1.83 bits per heavy atom. The van der Waals surface area contributed by atoms with Crippen LogP contribution in [0.25, 0.3) is 0 Å². The van der Waals surface area contributed by atoms with Crippen molar-refractivity contribution in [1.82, 2.24) is 15.4 Å². The lowest BCUT2D eigenvalue weighted by molar-refractivity contribution is 0.584. The molecule has 138 valence electrons. The molecule has 0 fully saturated rings. The molecule has 3 N–H and O–H groups in total. The average molecular weight is 468 g/mol. The second-order valence-corrected chi connectivity index (χ2v) is 7.31. The van der Waals surface area contributed by atoms with E-state index in [-0.39, 0.29) is 24.0 Å². The van der Waals surface area contributed by atoms with E-state index in [9.17, 15) is 8.42 Å². The fourth-order valence-corrected chi connectivity index (χ4v) is 2.52. The van der Waals surface area contributed by atoms with Crippen LogP contribution in [0.1, 0.15) is 31.7 Å². The second kappa shape index (κ2) is 12.5. The van der Waals surface area contributed by atoms with E-state index in [1.807, 2.05) is 25.1 Å². The molecule has 1 atom stereocenters. The van der Waals surface area contributed by atoms with Crippen molar-refractivity contribution in [2.24, 2.45) is 4.99 Å². The Kier molecular flexibility index (Phi) is 12.0. The zero-order valence-electron chi connectivity index (χ0n) is 14.6. The lowest BCUT2D eigenvalue weighted by Crippen LogP contribution is -2.39. The first kappa shape index (κ1) is 23.1. The van der Waals surface area contributed by atoms with Crippen LogP contribution in [0, 0.1) is 0 Å². The van der Waals surface area contributed by atoms with Gasteiger partial charge in [0.25, 0.3) is 0 Å². The molecule has 1 rings (SSSR count). The summed E-state index contributed by atoms with van der Waals surface area (Å²) in [6.07, 6.45) is 1.86. The summed E-state index contributed by atoms with van der Waals surface area (Å²) in [6.45, 7) is 6.73. The van der Waals surface area contributed by atoms with Crippen LogP contribution in [0.15, 0.2) is 35.3 Å². The van der Waals surface area contributed by atoms with Crippen molar-refractivity contribution in [3.8, 4) is 0 Å². The summed E-state index contributed by atoms with van der Waals surface area (Å²) < 4.78 is 24.4. The van der Waals surface area contributed by atoms with E-state index in [2.05, 4.69) is 39.4 Å². The van der Waals surface area contributed by atoms with Crippen LogP contribution >= 0.6 is 24.0 Å². The zero-order chi connectivity index (χ0) is 17.1. The molecular weight excluding hydrogens is 439 g/mol. The third-order valence-corrected chi connectivity index (χ3v) is 3.97. The first-order valence-electron chi connectivity index (χ1n) is 7.94. The van der Waals surface area contributed by atoms with Crippen LogP contribution in [0.2, 0.25) is 0 Å². The number of aliphatic imine (C=N–C) groups is 1. The molecule has 1 aromatic carbocycles. The van der Waals surface area contributed by atoms with Crippen LogP contribution in [-0.4, -0.2) is 46.8 Å². The number of benzene rings is 1. The Morgan fingerprint density at radius 3 is 2.42 bits per heavy atom. The maximum Gasteiger partial charge on any atom is 0.208 e. The summed E-state index contributed by atoms with van der Waals surface area (Å²) >= 11 is 0. The molecule has 0 bridgehead atoms. The van der Waals surface area contributed by atoms with Gasteiger partial charge in [-0.25, -0.2) is 13.1 Å². The van der Waals surface area contributed by atoms with E-state index in [0.717, 1.165) is 18.8 Å². The van der Waals surface area contributed by atoms with Crippen molar-refractivity contribution in [3.63, 3.8) is 0 Å². The highest BCUT2D eigenvalue weighted by atomic mass is 127. The quantitative estimate of drug-likeness (QED) is 0.224. The third kappa shape index (κ3) is 10.8. The Morgan fingerprint density at radius 1 is 1.17 bits per heavy atom. The molecule has 8 heteroatoms. The average Bonchev–Trinajstić information content (AvgIpc) is 2.51. The van der Waals surface area contributed by atoms with E-state index < -0.39 is 10.0 Å². The summed E-state index contributed by atoms with van der Waals surface area (Å²) in [5.41, 5.74) is 1.27. The van der Waals surface area contributed by atoms with Gasteiger partial charge in [0.15, 0.2) is 5.96 Å². The highest BCUT2D eigenvalue weighted by molar-refractivity contribution is 14.0. The maximum atomic E-state index is 11.0. The van der Waals surface area contributed by atoms with Gasteiger partial charge in [0, 0.05) is 32.1 Å². The molecule has 0 aliphatic carbocycles. The van der Waals surface area contributed by atoms with E-state index in [1.165, 1.54) is 5.56 Å². The highest BCUT2D eigenvalue weighted by Gasteiger charge is 2.05. The molecule has 0 radical (unpaired) electrons. The van der Waals surface area contributed by atoms with Crippen molar-refractivity contribution >= 4 is 40.0 Å². The topological polar surface area (TPSA) is 82.6 Å². The van der Waals surface area contributed by atoms with Gasteiger partial charge in [-0.15, -0.1) is 24.0 Å². The predicted molar refractivity (Wildman–Crippen MR) is 112 cm³/mol. The van der Waals surface area contributed by atoms with Crippen LogP contribution in [0.4, 0.5) is 0 Å². The number of hydrogen-bond donors (Lipinski definition) is 3. The van der Waals surface area contributed by atoms with E-state index in [0.29, 0.717) is 32.0 Å². The number of rotatable bonds is 9. The smallest absolute Gasteiger partial charge is 0.208 e. The molecule has 24 heavy (non-hydrogen) atoms. The molecule has 0 aliphatic rings. The normalized spacial score (nSPS) is 13.0. The first-order chi connectivity index (χ1) is 10.9. The molecule has 0 aliphatic heterocycles. The molecule has 0 saturated heterocycles. The number of nitrogens with one attached hydrogen (secondary N) is 3. The molecule has 0 saturated carbocycles. The van der Waals surface area contributed by atoms with Gasteiger partial charge in [0.2, 0.25) is 10.0 Å². The molecule has 6 nitrogen and oxygen atoms in total. The highest BCUT2D eigenvalue weighted by Crippen LogP contribution is 2.14. The van der Waals surface area contributed by atoms with Gasteiger partial charge < -0.3 is 10.6 Å². The largest absolute Gasteiger partial charge is 0.357 e. The Hall–Kier alpha value is -0.870. The van der Waals surface area contributed by atoms with Crippen LogP contribution < -0.4 is 15.4 Å². The maximum absolute atomic E-state index is 11.0. The summed E-state index contributed by atoms with van der Waals surface area (Å²) in [7, 11) is -3.11. The van der Waals surface area contributed by atoms with Crippen molar-refractivity contribution in [2.75, 3.05) is 32.4 Å². The molecule has 0 heterocycles. The first-order valence-corrected chi connectivity index (χ1v) is 9.83. The van der Waals surface area contributed by atoms with E-state index >= 15 is 0 Å². The Balaban J connectivity index is 0.00000529. The van der Waals surface area contributed by atoms with Gasteiger partial charge in [-0.1, -0.05) is 37.3 Å². The molecule has 0 amide bonds. The van der Waals surface area contributed by atoms with Crippen molar-refractivity contribution < 1.29 is 8.42 Å². The lowest BCUT2D eigenvalue weighted by Gasteiger charge is -2.13. The predicted octanol–water partition coefficient (Wildman–Crippen LogP) is 1.90. The fourth-order valence-electron chi connectivity index (χ4n) is 2.01. The van der Waals surface area contributed by atoms with Crippen molar-refractivity contribution in [2.45, 2.75) is 26.2 Å². The van der Waals surface area contributed by atoms with Crippen molar-refractivity contribution in [3.05, 3.63) is 35.9 Å². The SMILES string of the molecule is CCNC(=NCC(C)c1ccccc1)NCCCNS(C)(=O)=O.I. The standard InChI is InChI=1S/C16H28N4O2S.HI/c1-4-17-16(18-11-8-12-20-23(3,21)22)19-13-14(2)15-9-6-5-7-10-15;/h5-7,9-10,14,20H,4,8,11-13H2,1-3H3,(H2,17,18,19);1H. The van der Waals surface area contributed by atoms with Crippen LogP contribution in [0.3, 0.4) is 0 Å². The minimum absolute atomic E-state index is 0. The van der Waals surface area contributed by atoms with Crippen LogP contribution in [-0.2, 0) is 10.0 Å². The number of hydrogen-bond acceptors (Lipinski definition) is 3. The van der Waals surface area contributed by atoms with Gasteiger partial charge in [-0.3, -0.25) is 4.99 Å². The Labute approximate surface area is 163 Å². The molecule has 0 spiro atoms. The summed E-state index contributed by atoms with van der Waals surface area (Å²) in [4.78, 5) is 4.59. The number of guanidine groups is 1. The minimum atomic E-state index is -3.11. The Bertz CT molecular complexity index is 579. The summed E-state index contributed by atoms with van der Waals surface area (Å²) in [5.74, 6) is 1.10. The van der Waals surface area contributed by atoms with E-state index in [4.69, 9.17) is 0 Å². The second-order valence-electron chi connectivity index (χ2n) is 5.48. The van der Waals surface area contributed by atoms with Crippen LogP contribution in [0.5, 0.6) is 0 Å². The molecule has 1 aromatic rings.